The zero-order chi connectivity index (χ0) is 40.4. The molecule has 5 fully saturated rings. The van der Waals surface area contributed by atoms with Gasteiger partial charge in [0.05, 0.1) is 30.8 Å². The molecule has 0 radical (unpaired) electrons. The van der Waals surface area contributed by atoms with Gasteiger partial charge in [-0.05, 0) is 109 Å². The third kappa shape index (κ3) is 8.96. The van der Waals surface area contributed by atoms with Crippen molar-refractivity contribution in [3.63, 3.8) is 0 Å². The molecule has 0 spiro atoms. The van der Waals surface area contributed by atoms with E-state index in [1.807, 2.05) is 33.8 Å². The summed E-state index contributed by atoms with van der Waals surface area (Å²) >= 11 is 0. The van der Waals surface area contributed by atoms with Crippen molar-refractivity contribution in [3.8, 4) is 0 Å². The molecule has 19 atom stereocenters. The number of Topliss-reactive ketones (excluding diaryl/α,β-unsaturated/α-hetero) is 1. The van der Waals surface area contributed by atoms with Gasteiger partial charge in [0.15, 0.2) is 18.4 Å². The van der Waals surface area contributed by atoms with Gasteiger partial charge in [-0.2, -0.15) is 0 Å². The number of esters is 1. The molecule has 4 unspecified atom stereocenters. The van der Waals surface area contributed by atoms with Crippen LogP contribution in [0.1, 0.15) is 92.4 Å². The number of rotatable bonds is 11. The van der Waals surface area contributed by atoms with Crippen LogP contribution in [0.4, 0.5) is 4.39 Å². The molecule has 13 heteroatoms. The van der Waals surface area contributed by atoms with Crippen LogP contribution in [0.3, 0.4) is 0 Å². The van der Waals surface area contributed by atoms with Crippen LogP contribution in [0.5, 0.6) is 0 Å². The van der Waals surface area contributed by atoms with Crippen molar-refractivity contribution >= 4 is 11.8 Å². The van der Waals surface area contributed by atoms with E-state index in [0.717, 1.165) is 19.3 Å². The molecule has 3 saturated heterocycles. The number of halogens is 1. The Morgan fingerprint density at radius 2 is 1.59 bits per heavy atom. The van der Waals surface area contributed by atoms with Gasteiger partial charge in [-0.25, -0.2) is 4.39 Å². The lowest BCUT2D eigenvalue weighted by molar-refractivity contribution is -0.314. The summed E-state index contributed by atoms with van der Waals surface area (Å²) in [5.41, 5.74) is 0.553. The standard InChI is InChI=1S/C43H71FN2O10/c1-11-25-14-13-15-33(56-35-17-16-32(46(6)7)23(4)52-35)22(3)39(48)31-20-28-27-18-26(55-43-42(51-10)41(50-9)40(49-8)24(5)53-43)19-30(27)38(45-12-2)37(44)36(28)29(31)21-34(47)54-25/h20,22-30,32-33,35-38,40-43,45H,11-19,21H2,1-10H3/t22-,23?,24?,25+,26+,27+,28+,29-,30-,32+,33+,35+,36-,37?,38+,40+,41?,42+,43+/m1/s1. The number of ether oxygens (including phenoxy) is 8. The number of hydrogen-bond acceptors (Lipinski definition) is 12. The summed E-state index contributed by atoms with van der Waals surface area (Å²) in [4.78, 5) is 30.7. The Kier molecular flexibility index (Phi) is 15.1. The fraction of sp³-hybridized carbons (Fsp3) is 0.907. The van der Waals surface area contributed by atoms with Gasteiger partial charge in [-0.15, -0.1) is 0 Å². The molecule has 6 aliphatic rings. The Hall–Kier alpha value is -1.55. The molecule has 0 aromatic carbocycles. The second-order valence-electron chi connectivity index (χ2n) is 17.6. The summed E-state index contributed by atoms with van der Waals surface area (Å²) < 4.78 is 67.0. The fourth-order valence-corrected chi connectivity index (χ4v) is 11.5. The smallest absolute Gasteiger partial charge is 0.306 e. The van der Waals surface area contributed by atoms with Crippen LogP contribution < -0.4 is 5.32 Å². The van der Waals surface area contributed by atoms with Gasteiger partial charge in [0.2, 0.25) is 0 Å². The molecule has 3 aliphatic heterocycles. The first-order chi connectivity index (χ1) is 26.8. The van der Waals surface area contributed by atoms with E-state index in [4.69, 9.17) is 37.9 Å². The molecular formula is C43H71FN2O10. The van der Waals surface area contributed by atoms with Crippen LogP contribution in [-0.4, -0.2) is 138 Å². The second kappa shape index (κ2) is 19.2. The van der Waals surface area contributed by atoms with Crippen molar-refractivity contribution in [2.75, 3.05) is 42.0 Å². The number of fused-ring (bicyclic) bond motifs is 5. The lowest BCUT2D eigenvalue weighted by Gasteiger charge is -2.46. The van der Waals surface area contributed by atoms with Gasteiger partial charge < -0.3 is 48.1 Å². The van der Waals surface area contributed by atoms with Crippen LogP contribution in [0.25, 0.3) is 0 Å². The van der Waals surface area contributed by atoms with Crippen molar-refractivity contribution in [1.29, 1.82) is 0 Å². The highest BCUT2D eigenvalue weighted by molar-refractivity contribution is 5.99. The molecule has 1 N–H and O–H groups in total. The molecule has 0 aromatic heterocycles. The largest absolute Gasteiger partial charge is 0.462 e. The molecule has 6 rings (SSSR count). The third-order valence-electron chi connectivity index (χ3n) is 14.3. The van der Waals surface area contributed by atoms with E-state index in [1.54, 1.807) is 21.3 Å². The minimum absolute atomic E-state index is 0.00889. The number of allylic oxidation sites excluding steroid dienone is 2. The topological polar surface area (TPSA) is 123 Å². The summed E-state index contributed by atoms with van der Waals surface area (Å²) in [6.07, 6.45) is 2.91. The minimum Gasteiger partial charge on any atom is -0.462 e. The van der Waals surface area contributed by atoms with Crippen LogP contribution in [-0.2, 0) is 47.5 Å². The van der Waals surface area contributed by atoms with Crippen LogP contribution in [0.15, 0.2) is 11.6 Å². The van der Waals surface area contributed by atoms with Crippen LogP contribution >= 0.6 is 0 Å². The fourth-order valence-electron chi connectivity index (χ4n) is 11.5. The highest BCUT2D eigenvalue weighted by Crippen LogP contribution is 2.58. The number of methoxy groups -OCH3 is 3. The Balaban J connectivity index is 1.28. The summed E-state index contributed by atoms with van der Waals surface area (Å²) in [6, 6.07) is -0.157. The number of ketones is 1. The zero-order valence-corrected chi connectivity index (χ0v) is 35.5. The molecule has 0 aromatic rings. The first-order valence-electron chi connectivity index (χ1n) is 21.5. The van der Waals surface area contributed by atoms with Gasteiger partial charge in [-0.1, -0.05) is 26.8 Å². The number of carbonyl (C=O) groups is 2. The minimum atomic E-state index is -1.28. The monoisotopic (exact) mass is 795 g/mol. The number of hydrogen-bond donors (Lipinski definition) is 1. The van der Waals surface area contributed by atoms with E-state index < -0.39 is 54.8 Å². The maximum absolute atomic E-state index is 17.4. The van der Waals surface area contributed by atoms with Crippen molar-refractivity contribution in [3.05, 3.63) is 11.6 Å². The van der Waals surface area contributed by atoms with Crippen molar-refractivity contribution in [2.45, 2.75) is 172 Å². The number of cyclic esters (lactones) is 1. The van der Waals surface area contributed by atoms with Crippen molar-refractivity contribution in [2.24, 2.45) is 35.5 Å². The normalized spacial score (nSPS) is 46.3. The van der Waals surface area contributed by atoms with Gasteiger partial charge >= 0.3 is 5.97 Å². The van der Waals surface area contributed by atoms with E-state index >= 15 is 4.39 Å². The predicted octanol–water partition coefficient (Wildman–Crippen LogP) is 5.25. The Labute approximate surface area is 334 Å². The quantitative estimate of drug-likeness (QED) is 0.275. The Morgan fingerprint density at radius 1 is 0.875 bits per heavy atom. The molecule has 0 amide bonds. The van der Waals surface area contributed by atoms with Gasteiger partial charge in [-0.3, -0.25) is 9.59 Å². The Bertz CT molecular complexity index is 1350. The number of nitrogens with one attached hydrogen (secondary N) is 1. The molecule has 3 aliphatic carbocycles. The van der Waals surface area contributed by atoms with Crippen molar-refractivity contribution in [1.82, 2.24) is 10.2 Å². The van der Waals surface area contributed by atoms with Gasteiger partial charge in [0.25, 0.3) is 0 Å². The number of alkyl halides is 1. The summed E-state index contributed by atoms with van der Waals surface area (Å²) in [6.45, 7) is 10.6. The predicted molar refractivity (Wildman–Crippen MR) is 207 cm³/mol. The highest BCUT2D eigenvalue weighted by atomic mass is 19.1. The molecule has 3 heterocycles. The summed E-state index contributed by atoms with van der Waals surface area (Å²) in [5, 5.41) is 3.49. The van der Waals surface area contributed by atoms with Gasteiger partial charge in [0, 0.05) is 51.2 Å². The number of carbonyl (C=O) groups excluding carboxylic acids is 2. The zero-order valence-electron chi connectivity index (χ0n) is 35.5. The van der Waals surface area contributed by atoms with E-state index in [9.17, 15) is 9.59 Å². The number of nitrogens with zero attached hydrogens (tertiary/aromatic N) is 1. The van der Waals surface area contributed by atoms with Crippen molar-refractivity contribution < 1.29 is 51.9 Å². The van der Waals surface area contributed by atoms with E-state index in [0.29, 0.717) is 50.3 Å². The maximum atomic E-state index is 17.4. The average Bonchev–Trinajstić information content (AvgIpc) is 3.76. The van der Waals surface area contributed by atoms with E-state index in [2.05, 4.69) is 31.2 Å². The average molecular weight is 795 g/mol. The lowest BCUT2D eigenvalue weighted by Crippen LogP contribution is -2.59. The summed E-state index contributed by atoms with van der Waals surface area (Å²) in [5.74, 6) is -2.33. The Morgan fingerprint density at radius 3 is 2.23 bits per heavy atom. The lowest BCUT2D eigenvalue weighted by atomic mass is 9.63. The molecule has 2 saturated carbocycles. The molecule has 12 nitrogen and oxygen atoms in total. The van der Waals surface area contributed by atoms with Gasteiger partial charge in [0.1, 0.15) is 30.6 Å². The highest BCUT2D eigenvalue weighted by Gasteiger charge is 2.60. The second-order valence-corrected chi connectivity index (χ2v) is 17.6. The first-order valence-corrected chi connectivity index (χ1v) is 21.5. The van der Waals surface area contributed by atoms with E-state index in [1.165, 1.54) is 0 Å². The molecular weight excluding hydrogens is 723 g/mol. The molecule has 56 heavy (non-hydrogen) atoms. The van der Waals surface area contributed by atoms with Crippen LogP contribution in [0, 0.1) is 35.5 Å². The third-order valence-corrected chi connectivity index (χ3v) is 14.3. The van der Waals surface area contributed by atoms with E-state index in [-0.39, 0.29) is 72.6 Å². The number of likely N-dealkylation sites (N-methyl/N-ethyl adjacent to an activating group) is 1. The molecule has 320 valence electrons. The maximum Gasteiger partial charge on any atom is 0.306 e. The van der Waals surface area contributed by atoms with Crippen LogP contribution in [0.2, 0.25) is 0 Å². The SMILES string of the molecule is CCN[C@@H]1C(F)[C@@H]2[C@@H](C=C3C(=O)[C@H](C)[C@@H](O[C@H]4CC[C@H](N(C)C)C(C)O4)CCC[C@H](CC)OC(=O)C[C@H]32)[C@@H]2C[C@H](O[C@@H]3OC(C)[C@H](OC)C(OC)[C@@H]3OC)C[C@H]21. The molecule has 0 bridgehead atoms. The first kappa shape index (κ1) is 44.0. The summed E-state index contributed by atoms with van der Waals surface area (Å²) in [7, 11) is 9.02.